The first-order valence-corrected chi connectivity index (χ1v) is 7.50. The van der Waals surface area contributed by atoms with Crippen LogP contribution in [-0.4, -0.2) is 25.1 Å². The van der Waals surface area contributed by atoms with E-state index < -0.39 is 0 Å². The van der Waals surface area contributed by atoms with Crippen LogP contribution in [0.4, 0.5) is 5.13 Å². The van der Waals surface area contributed by atoms with E-state index in [0.717, 1.165) is 5.92 Å². The largest absolute Gasteiger partial charge is 0.348 e. The lowest BCUT2D eigenvalue weighted by Gasteiger charge is -2.14. The van der Waals surface area contributed by atoms with Gasteiger partial charge in [0.05, 0.1) is 5.69 Å². The first kappa shape index (κ1) is 12.8. The van der Waals surface area contributed by atoms with E-state index >= 15 is 0 Å². The van der Waals surface area contributed by atoms with Crippen molar-refractivity contribution in [1.29, 1.82) is 0 Å². The summed E-state index contributed by atoms with van der Waals surface area (Å²) in [6, 6.07) is 0.356. The van der Waals surface area contributed by atoms with Crippen LogP contribution in [0.3, 0.4) is 0 Å². The summed E-state index contributed by atoms with van der Waals surface area (Å²) in [6.07, 6.45) is 4.00. The highest BCUT2D eigenvalue weighted by molar-refractivity contribution is 7.13. The van der Waals surface area contributed by atoms with Crippen molar-refractivity contribution in [3.8, 4) is 0 Å². The Morgan fingerprint density at radius 2 is 2.47 bits per heavy atom. The smallest absolute Gasteiger partial charge is 0.185 e. The molecule has 0 spiro atoms. The van der Waals surface area contributed by atoms with E-state index in [2.05, 4.69) is 29.4 Å². The van der Waals surface area contributed by atoms with Gasteiger partial charge in [0.1, 0.15) is 0 Å². The summed E-state index contributed by atoms with van der Waals surface area (Å²) in [4.78, 5) is 7.19. The molecule has 4 heteroatoms. The number of thiazole rings is 1. The highest BCUT2D eigenvalue weighted by atomic mass is 32.1. The van der Waals surface area contributed by atoms with Crippen LogP contribution in [0.1, 0.15) is 44.8 Å². The molecule has 96 valence electrons. The second-order valence-corrected chi connectivity index (χ2v) is 5.79. The van der Waals surface area contributed by atoms with Crippen LogP contribution >= 0.6 is 11.3 Å². The Kier molecular flexibility index (Phi) is 4.40. The molecule has 0 radical (unpaired) electrons. The predicted octanol–water partition coefficient (Wildman–Crippen LogP) is 3.05. The summed E-state index contributed by atoms with van der Waals surface area (Å²) >= 11 is 1.79. The van der Waals surface area contributed by atoms with Crippen LogP contribution in [0, 0.1) is 5.92 Å². The van der Waals surface area contributed by atoms with Gasteiger partial charge in [0.2, 0.25) is 0 Å². The minimum atomic E-state index is 0.356. The molecule has 2 heterocycles. The van der Waals surface area contributed by atoms with Crippen LogP contribution in [0.15, 0.2) is 5.38 Å². The third-order valence-corrected chi connectivity index (χ3v) is 4.56. The molecule has 1 fully saturated rings. The fraction of sp³-hybridized carbons (Fsp3) is 0.769. The second kappa shape index (κ2) is 5.83. The number of hydrogen-bond donors (Lipinski definition) is 1. The average Bonchev–Trinajstić information content (AvgIpc) is 2.96. The van der Waals surface area contributed by atoms with Gasteiger partial charge >= 0.3 is 0 Å². The molecule has 3 nitrogen and oxygen atoms in total. The van der Waals surface area contributed by atoms with Gasteiger partial charge in [0.25, 0.3) is 0 Å². The van der Waals surface area contributed by atoms with Crippen LogP contribution in [0.2, 0.25) is 0 Å². The van der Waals surface area contributed by atoms with Crippen molar-refractivity contribution < 1.29 is 0 Å². The fourth-order valence-corrected chi connectivity index (χ4v) is 3.37. The maximum atomic E-state index is 4.74. The molecule has 2 unspecified atom stereocenters. The van der Waals surface area contributed by atoms with Crippen LogP contribution in [-0.2, 0) is 0 Å². The highest BCUT2D eigenvalue weighted by Crippen LogP contribution is 2.30. The van der Waals surface area contributed by atoms with Crippen molar-refractivity contribution in [2.24, 2.45) is 5.92 Å². The fourth-order valence-electron chi connectivity index (χ4n) is 2.42. The first-order valence-electron chi connectivity index (χ1n) is 6.62. The minimum absolute atomic E-state index is 0.356. The Hall–Kier alpha value is -0.610. The average molecular weight is 253 g/mol. The molecule has 1 saturated heterocycles. The van der Waals surface area contributed by atoms with Crippen LogP contribution in [0.5, 0.6) is 0 Å². The minimum Gasteiger partial charge on any atom is -0.348 e. The van der Waals surface area contributed by atoms with Crippen molar-refractivity contribution in [3.05, 3.63) is 11.1 Å². The van der Waals surface area contributed by atoms with E-state index in [9.17, 15) is 0 Å². The monoisotopic (exact) mass is 253 g/mol. The third kappa shape index (κ3) is 2.99. The predicted molar refractivity (Wildman–Crippen MR) is 74.8 cm³/mol. The molecule has 0 aliphatic carbocycles. The Morgan fingerprint density at radius 3 is 3.18 bits per heavy atom. The van der Waals surface area contributed by atoms with Crippen molar-refractivity contribution in [3.63, 3.8) is 0 Å². The van der Waals surface area contributed by atoms with Gasteiger partial charge in [-0.15, -0.1) is 11.3 Å². The molecule has 0 aromatic carbocycles. The molecule has 2 atom stereocenters. The molecule has 0 saturated carbocycles. The number of nitrogens with one attached hydrogen (secondary N) is 1. The second-order valence-electron chi connectivity index (χ2n) is 4.95. The van der Waals surface area contributed by atoms with Gasteiger partial charge < -0.3 is 10.2 Å². The topological polar surface area (TPSA) is 28.2 Å². The number of rotatable bonds is 5. The highest BCUT2D eigenvalue weighted by Gasteiger charge is 2.24. The van der Waals surface area contributed by atoms with Gasteiger partial charge in [0.15, 0.2) is 5.13 Å². The maximum absolute atomic E-state index is 4.74. The maximum Gasteiger partial charge on any atom is 0.185 e. The van der Waals surface area contributed by atoms with E-state index in [-0.39, 0.29) is 0 Å². The zero-order valence-corrected chi connectivity index (χ0v) is 11.9. The SMILES string of the molecule is CCCC1CCN(c2nc(C(C)NC)cs2)C1. The van der Waals surface area contributed by atoms with E-state index in [4.69, 9.17) is 4.98 Å². The summed E-state index contributed by atoms with van der Waals surface area (Å²) < 4.78 is 0. The van der Waals surface area contributed by atoms with Gasteiger partial charge in [-0.05, 0) is 32.7 Å². The summed E-state index contributed by atoms with van der Waals surface area (Å²) in [6.45, 7) is 6.82. The zero-order chi connectivity index (χ0) is 12.3. The van der Waals surface area contributed by atoms with Crippen molar-refractivity contribution in [2.45, 2.75) is 39.2 Å². The van der Waals surface area contributed by atoms with E-state index in [1.807, 2.05) is 7.05 Å². The molecular weight excluding hydrogens is 230 g/mol. The summed E-state index contributed by atoms with van der Waals surface area (Å²) in [5.74, 6) is 0.883. The molecule has 1 N–H and O–H groups in total. The molecule has 1 aromatic heterocycles. The van der Waals surface area contributed by atoms with Gasteiger partial charge in [-0.25, -0.2) is 4.98 Å². The normalized spacial score (nSPS) is 22.1. The molecule has 1 aliphatic rings. The van der Waals surface area contributed by atoms with Gasteiger partial charge in [-0.2, -0.15) is 0 Å². The third-order valence-electron chi connectivity index (χ3n) is 3.64. The number of nitrogens with zero attached hydrogens (tertiary/aromatic N) is 2. The molecule has 0 bridgehead atoms. The standard InChI is InChI=1S/C13H23N3S/c1-4-5-11-6-7-16(8-11)13-15-12(9-17-13)10(2)14-3/h9-11,14H,4-8H2,1-3H3. The number of anilines is 1. The summed E-state index contributed by atoms with van der Waals surface area (Å²) in [5.41, 5.74) is 1.17. The van der Waals surface area contributed by atoms with E-state index in [0.29, 0.717) is 6.04 Å². The van der Waals surface area contributed by atoms with Crippen molar-refractivity contribution in [1.82, 2.24) is 10.3 Å². The van der Waals surface area contributed by atoms with Gasteiger partial charge in [0, 0.05) is 24.5 Å². The first-order chi connectivity index (χ1) is 8.24. The van der Waals surface area contributed by atoms with Crippen molar-refractivity contribution in [2.75, 3.05) is 25.0 Å². The molecular formula is C13H23N3S. The quantitative estimate of drug-likeness (QED) is 0.874. The Bertz CT molecular complexity index is 350. The number of hydrogen-bond acceptors (Lipinski definition) is 4. The molecule has 1 aromatic rings. The summed E-state index contributed by atoms with van der Waals surface area (Å²) in [5, 5.41) is 6.63. The molecule has 1 aliphatic heterocycles. The number of aromatic nitrogens is 1. The lowest BCUT2D eigenvalue weighted by atomic mass is 10.0. The van der Waals surface area contributed by atoms with Crippen molar-refractivity contribution >= 4 is 16.5 Å². The molecule has 2 rings (SSSR count). The lowest BCUT2D eigenvalue weighted by Crippen LogP contribution is -2.20. The van der Waals surface area contributed by atoms with Gasteiger partial charge in [-0.3, -0.25) is 0 Å². The van der Waals surface area contributed by atoms with Crippen LogP contribution in [0.25, 0.3) is 0 Å². The zero-order valence-electron chi connectivity index (χ0n) is 11.1. The Labute approximate surface area is 108 Å². The Morgan fingerprint density at radius 1 is 1.65 bits per heavy atom. The lowest BCUT2D eigenvalue weighted by molar-refractivity contribution is 0.529. The van der Waals surface area contributed by atoms with Gasteiger partial charge in [-0.1, -0.05) is 13.3 Å². The molecule has 17 heavy (non-hydrogen) atoms. The van der Waals surface area contributed by atoms with E-state index in [1.54, 1.807) is 11.3 Å². The van der Waals surface area contributed by atoms with E-state index in [1.165, 1.54) is 43.2 Å². The molecule has 0 amide bonds. The Balaban J connectivity index is 1.97. The summed E-state index contributed by atoms with van der Waals surface area (Å²) in [7, 11) is 1.98. The van der Waals surface area contributed by atoms with Crippen LogP contribution < -0.4 is 10.2 Å².